The molecule has 0 unspecified atom stereocenters. The van der Waals surface area contributed by atoms with Crippen molar-refractivity contribution in [2.45, 2.75) is 67.9 Å². The third kappa shape index (κ3) is 2.59. The number of likely N-dealkylation sites (tertiary alicyclic amines) is 1. The van der Waals surface area contributed by atoms with E-state index in [2.05, 4.69) is 51.9 Å². The third-order valence-corrected chi connectivity index (χ3v) is 10.8. The number of nitrogens with zero attached hydrogens (tertiary/aromatic N) is 2. The number of fused-ring (bicyclic) bond motifs is 4. The second-order valence-corrected chi connectivity index (χ2v) is 12.3. The highest BCUT2D eigenvalue weighted by Crippen LogP contribution is 2.69. The SMILES string of the molecule is Oc1ccc2c3c1O[C@H]1c4c(c5cccc6c5n4CC[C@@H]6O)C[C@@]4(O)[C@@H](C2)N(CCc2ccccc2)CC[C@]314. The van der Waals surface area contributed by atoms with E-state index < -0.39 is 17.1 Å². The van der Waals surface area contributed by atoms with Crippen LogP contribution >= 0.6 is 0 Å². The molecule has 9 rings (SSSR count). The van der Waals surface area contributed by atoms with Crippen LogP contribution < -0.4 is 4.74 Å². The first-order chi connectivity index (χ1) is 19.0. The summed E-state index contributed by atoms with van der Waals surface area (Å²) in [4.78, 5) is 2.51. The number of ether oxygens (including phenoxy) is 1. The molecule has 3 aromatic carbocycles. The molecule has 2 aliphatic carbocycles. The average molecular weight is 521 g/mol. The van der Waals surface area contributed by atoms with Crippen LogP contribution in [0.5, 0.6) is 11.5 Å². The second-order valence-electron chi connectivity index (χ2n) is 12.3. The van der Waals surface area contributed by atoms with Crippen molar-refractivity contribution in [3.05, 3.63) is 94.2 Å². The smallest absolute Gasteiger partial charge is 0.166 e. The molecule has 4 heterocycles. The van der Waals surface area contributed by atoms with E-state index in [4.69, 9.17) is 4.74 Å². The number of rotatable bonds is 3. The Bertz CT molecular complexity index is 1680. The standard InChI is InChI=1S/C33H32N2O4/c36-24-12-15-35-28-21(7-4-8-22(24)28)23-18-33(38)26-17-20-9-10-25(37)30-27(20)32(33,31(39-30)29(23)35)13-16-34(26)14-11-19-5-2-1-3-6-19/h1-10,24,26,31,36-38H,11-18H2/t24-,26+,31-,32-,33+/m0/s1. The molecule has 0 saturated carbocycles. The maximum atomic E-state index is 13.1. The molecule has 1 aromatic heterocycles. The van der Waals surface area contributed by atoms with Crippen LogP contribution in [0.15, 0.2) is 60.7 Å². The Morgan fingerprint density at radius 3 is 2.74 bits per heavy atom. The van der Waals surface area contributed by atoms with Gasteiger partial charge in [-0.05, 0) is 55.0 Å². The van der Waals surface area contributed by atoms with Gasteiger partial charge in [0.15, 0.2) is 17.6 Å². The predicted molar refractivity (Wildman–Crippen MR) is 147 cm³/mol. The zero-order valence-corrected chi connectivity index (χ0v) is 21.8. The summed E-state index contributed by atoms with van der Waals surface area (Å²) < 4.78 is 9.18. The first kappa shape index (κ1) is 22.5. The lowest BCUT2D eigenvalue weighted by Crippen LogP contribution is -2.74. The number of piperidine rings is 1. The highest BCUT2D eigenvalue weighted by atomic mass is 16.5. The van der Waals surface area contributed by atoms with Gasteiger partial charge in [-0.1, -0.05) is 54.6 Å². The first-order valence-corrected chi connectivity index (χ1v) is 14.4. The summed E-state index contributed by atoms with van der Waals surface area (Å²) in [7, 11) is 0. The van der Waals surface area contributed by atoms with Crippen molar-refractivity contribution in [1.82, 2.24) is 9.47 Å². The van der Waals surface area contributed by atoms with Gasteiger partial charge in [0.05, 0.1) is 28.3 Å². The van der Waals surface area contributed by atoms with Crippen molar-refractivity contribution in [3.8, 4) is 11.5 Å². The molecule has 0 radical (unpaired) electrons. The number of hydrogen-bond acceptors (Lipinski definition) is 5. The van der Waals surface area contributed by atoms with Gasteiger partial charge in [-0.15, -0.1) is 0 Å². The lowest BCUT2D eigenvalue weighted by Gasteiger charge is -2.63. The minimum atomic E-state index is -1.03. The van der Waals surface area contributed by atoms with Crippen molar-refractivity contribution in [1.29, 1.82) is 0 Å². The molecule has 6 heteroatoms. The summed E-state index contributed by atoms with van der Waals surface area (Å²) in [6.45, 7) is 2.50. The van der Waals surface area contributed by atoms with Crippen molar-refractivity contribution < 1.29 is 20.1 Å². The Kier molecular flexibility index (Phi) is 4.29. The number of aliphatic hydroxyl groups excluding tert-OH is 1. The van der Waals surface area contributed by atoms with Crippen molar-refractivity contribution in [3.63, 3.8) is 0 Å². The molecule has 1 fully saturated rings. The monoisotopic (exact) mass is 520 g/mol. The number of phenolic OH excluding ortho intramolecular Hbond substituents is 1. The van der Waals surface area contributed by atoms with Gasteiger partial charge in [0, 0.05) is 42.1 Å². The number of aromatic hydroxyl groups is 1. The van der Waals surface area contributed by atoms with Crippen LogP contribution in [0.2, 0.25) is 0 Å². The minimum absolute atomic E-state index is 0.0468. The van der Waals surface area contributed by atoms with E-state index in [-0.39, 0.29) is 17.9 Å². The molecule has 1 spiro atoms. The van der Waals surface area contributed by atoms with Crippen molar-refractivity contribution in [2.24, 2.45) is 0 Å². The minimum Gasteiger partial charge on any atom is -0.504 e. The Morgan fingerprint density at radius 1 is 1.00 bits per heavy atom. The molecule has 4 aromatic rings. The number of aryl methyl sites for hydroxylation is 1. The summed E-state index contributed by atoms with van der Waals surface area (Å²) in [5.74, 6) is 0.728. The van der Waals surface area contributed by atoms with Gasteiger partial charge in [-0.3, -0.25) is 4.90 Å². The zero-order valence-electron chi connectivity index (χ0n) is 21.8. The maximum Gasteiger partial charge on any atom is 0.166 e. The third-order valence-electron chi connectivity index (χ3n) is 10.8. The zero-order chi connectivity index (χ0) is 26.1. The number of hydrogen-bond donors (Lipinski definition) is 3. The van der Waals surface area contributed by atoms with Crippen LogP contribution in [-0.2, 0) is 31.2 Å². The first-order valence-electron chi connectivity index (χ1n) is 14.4. The van der Waals surface area contributed by atoms with Crippen LogP contribution in [-0.4, -0.2) is 49.5 Å². The van der Waals surface area contributed by atoms with Crippen LogP contribution in [0.25, 0.3) is 10.9 Å². The molecule has 5 atom stereocenters. The molecule has 6 nitrogen and oxygen atoms in total. The predicted octanol–water partition coefficient (Wildman–Crippen LogP) is 4.32. The van der Waals surface area contributed by atoms with E-state index in [1.807, 2.05) is 12.1 Å². The van der Waals surface area contributed by atoms with Crippen molar-refractivity contribution in [2.75, 3.05) is 13.1 Å². The van der Waals surface area contributed by atoms with Crippen LogP contribution in [0.3, 0.4) is 0 Å². The Morgan fingerprint density at radius 2 is 1.87 bits per heavy atom. The summed E-state index contributed by atoms with van der Waals surface area (Å²) in [6, 6.07) is 20.6. The van der Waals surface area contributed by atoms with Gasteiger partial charge in [0.25, 0.3) is 0 Å². The topological polar surface area (TPSA) is 78.1 Å². The Hall–Kier alpha value is -3.32. The maximum absolute atomic E-state index is 13.1. The molecule has 1 saturated heterocycles. The summed E-state index contributed by atoms with van der Waals surface area (Å²) in [5, 5.41) is 36.1. The number of aliphatic hydroxyl groups is 2. The van der Waals surface area contributed by atoms with Gasteiger partial charge in [-0.25, -0.2) is 0 Å². The second kappa shape index (κ2) is 7.45. The van der Waals surface area contributed by atoms with E-state index in [1.54, 1.807) is 6.07 Å². The molecule has 0 amide bonds. The van der Waals surface area contributed by atoms with Gasteiger partial charge in [0.2, 0.25) is 0 Å². The normalized spacial score (nSPS) is 31.6. The number of phenols is 1. The molecule has 2 bridgehead atoms. The van der Waals surface area contributed by atoms with E-state index in [0.717, 1.165) is 72.2 Å². The highest BCUT2D eigenvalue weighted by Gasteiger charge is 2.73. The van der Waals surface area contributed by atoms with Gasteiger partial charge < -0.3 is 24.6 Å². The van der Waals surface area contributed by atoms with E-state index >= 15 is 0 Å². The summed E-state index contributed by atoms with van der Waals surface area (Å²) in [5.41, 5.74) is 6.23. The molecule has 3 aliphatic heterocycles. The van der Waals surface area contributed by atoms with E-state index in [9.17, 15) is 15.3 Å². The Labute approximate surface area is 227 Å². The lowest BCUT2D eigenvalue weighted by atomic mass is 9.49. The molecule has 198 valence electrons. The number of aromatic nitrogens is 1. The number of para-hydroxylation sites is 1. The Balaban J connectivity index is 1.26. The largest absolute Gasteiger partial charge is 0.504 e. The van der Waals surface area contributed by atoms with Crippen LogP contribution in [0.1, 0.15) is 58.6 Å². The molecular formula is C33H32N2O4. The number of benzene rings is 3. The average Bonchev–Trinajstić information content (AvgIpc) is 3.45. The van der Waals surface area contributed by atoms with Gasteiger partial charge >= 0.3 is 0 Å². The fourth-order valence-corrected chi connectivity index (χ4v) is 9.18. The van der Waals surface area contributed by atoms with Crippen molar-refractivity contribution >= 4 is 10.9 Å². The highest BCUT2D eigenvalue weighted by molar-refractivity contribution is 5.90. The molecular weight excluding hydrogens is 488 g/mol. The lowest BCUT2D eigenvalue weighted by molar-refractivity contribution is -0.172. The van der Waals surface area contributed by atoms with Gasteiger partial charge in [0.1, 0.15) is 0 Å². The van der Waals surface area contributed by atoms with Gasteiger partial charge in [-0.2, -0.15) is 0 Å². The fraction of sp³-hybridized carbons (Fsp3) is 0.394. The summed E-state index contributed by atoms with van der Waals surface area (Å²) in [6.07, 6.45) is 2.82. The molecule has 3 N–H and O–H groups in total. The molecule has 39 heavy (non-hydrogen) atoms. The quantitative estimate of drug-likeness (QED) is 0.375. The summed E-state index contributed by atoms with van der Waals surface area (Å²) >= 11 is 0. The van der Waals surface area contributed by atoms with E-state index in [0.29, 0.717) is 18.6 Å². The molecule has 5 aliphatic rings. The van der Waals surface area contributed by atoms with Crippen LogP contribution in [0, 0.1) is 0 Å². The fourth-order valence-electron chi connectivity index (χ4n) is 9.18. The van der Waals surface area contributed by atoms with E-state index in [1.165, 1.54) is 11.1 Å². The van der Waals surface area contributed by atoms with Crippen LogP contribution in [0.4, 0.5) is 0 Å².